The maximum absolute atomic E-state index is 12.8. The van der Waals surface area contributed by atoms with Gasteiger partial charge in [0.25, 0.3) is 5.56 Å². The summed E-state index contributed by atoms with van der Waals surface area (Å²) >= 11 is 0. The van der Waals surface area contributed by atoms with Crippen molar-refractivity contribution in [3.05, 3.63) is 45.1 Å². The predicted molar refractivity (Wildman–Crippen MR) is 115 cm³/mol. The van der Waals surface area contributed by atoms with Crippen LogP contribution in [0.4, 0.5) is 0 Å². The van der Waals surface area contributed by atoms with Crippen LogP contribution in [0.5, 0.6) is 17.2 Å². The van der Waals surface area contributed by atoms with Crippen molar-refractivity contribution in [1.29, 1.82) is 0 Å². The third kappa shape index (κ3) is 4.03. The molecule has 0 spiro atoms. The average molecular weight is 414 g/mol. The Hall–Kier alpha value is -2.54. The zero-order valence-corrected chi connectivity index (χ0v) is 18.1. The summed E-state index contributed by atoms with van der Waals surface area (Å²) in [4.78, 5) is 23.1. The molecule has 7 nitrogen and oxygen atoms in total. The van der Waals surface area contributed by atoms with Crippen LogP contribution in [-0.4, -0.2) is 42.7 Å². The lowest BCUT2D eigenvalue weighted by Gasteiger charge is -2.29. The van der Waals surface area contributed by atoms with Crippen LogP contribution in [0.15, 0.2) is 16.9 Å². The second-order valence-electron chi connectivity index (χ2n) is 8.17. The molecule has 1 fully saturated rings. The molecular formula is C23H31N3O4. The summed E-state index contributed by atoms with van der Waals surface area (Å²) in [5, 5.41) is 0. The quantitative estimate of drug-likeness (QED) is 0.782. The summed E-state index contributed by atoms with van der Waals surface area (Å²) in [6.45, 7) is 2.10. The Kier molecular flexibility index (Phi) is 6.27. The van der Waals surface area contributed by atoms with E-state index < -0.39 is 0 Å². The van der Waals surface area contributed by atoms with Gasteiger partial charge in [-0.15, -0.1) is 0 Å². The lowest BCUT2D eigenvalue weighted by atomic mass is 9.88. The molecule has 1 aliphatic heterocycles. The molecule has 0 bridgehead atoms. The molecule has 30 heavy (non-hydrogen) atoms. The van der Waals surface area contributed by atoms with E-state index in [1.165, 1.54) is 19.3 Å². The van der Waals surface area contributed by atoms with Gasteiger partial charge in [-0.25, -0.2) is 4.98 Å². The maximum atomic E-state index is 12.8. The van der Waals surface area contributed by atoms with E-state index in [-0.39, 0.29) is 5.56 Å². The molecule has 0 saturated heterocycles. The van der Waals surface area contributed by atoms with Crippen LogP contribution in [0.25, 0.3) is 0 Å². The molecule has 1 aromatic heterocycles. The summed E-state index contributed by atoms with van der Waals surface area (Å²) in [5.74, 6) is 3.20. The molecule has 1 saturated carbocycles. The van der Waals surface area contributed by atoms with Crippen molar-refractivity contribution >= 4 is 0 Å². The van der Waals surface area contributed by atoms with E-state index in [2.05, 4.69) is 9.88 Å². The molecule has 0 amide bonds. The topological polar surface area (TPSA) is 76.7 Å². The zero-order chi connectivity index (χ0) is 21.1. The van der Waals surface area contributed by atoms with Crippen LogP contribution < -0.4 is 19.8 Å². The average Bonchev–Trinajstić information content (AvgIpc) is 2.79. The van der Waals surface area contributed by atoms with Gasteiger partial charge in [0.05, 0.1) is 32.6 Å². The number of nitrogens with one attached hydrogen (secondary N) is 1. The highest BCUT2D eigenvalue weighted by atomic mass is 16.5. The van der Waals surface area contributed by atoms with Gasteiger partial charge in [-0.2, -0.15) is 0 Å². The lowest BCUT2D eigenvalue weighted by Crippen LogP contribution is -2.36. The smallest absolute Gasteiger partial charge is 0.255 e. The van der Waals surface area contributed by atoms with Gasteiger partial charge in [0.15, 0.2) is 11.5 Å². The van der Waals surface area contributed by atoms with Gasteiger partial charge in [-0.3, -0.25) is 9.69 Å². The van der Waals surface area contributed by atoms with Crippen molar-refractivity contribution in [3.8, 4) is 17.2 Å². The van der Waals surface area contributed by atoms with Gasteiger partial charge in [0, 0.05) is 37.5 Å². The molecule has 162 valence electrons. The minimum atomic E-state index is 0.0181. The van der Waals surface area contributed by atoms with Crippen LogP contribution >= 0.6 is 0 Å². The van der Waals surface area contributed by atoms with E-state index in [1.807, 2.05) is 12.1 Å². The van der Waals surface area contributed by atoms with Crippen molar-refractivity contribution < 1.29 is 14.2 Å². The summed E-state index contributed by atoms with van der Waals surface area (Å²) in [5.41, 5.74) is 2.78. The molecule has 0 unspecified atom stereocenters. The second-order valence-corrected chi connectivity index (χ2v) is 8.17. The summed E-state index contributed by atoms with van der Waals surface area (Å²) < 4.78 is 16.5. The number of H-pyrrole nitrogens is 1. The maximum Gasteiger partial charge on any atom is 0.255 e. The Bertz CT molecular complexity index is 950. The number of aromatic amines is 1. The number of methoxy groups -OCH3 is 3. The first-order valence-electron chi connectivity index (χ1n) is 10.8. The number of ether oxygens (including phenoxy) is 3. The Morgan fingerprint density at radius 1 is 1.07 bits per heavy atom. The van der Waals surface area contributed by atoms with Crippen molar-refractivity contribution in [2.75, 3.05) is 27.9 Å². The minimum Gasteiger partial charge on any atom is -0.493 e. The van der Waals surface area contributed by atoms with Crippen molar-refractivity contribution in [2.45, 2.75) is 57.5 Å². The molecule has 2 aliphatic rings. The predicted octanol–water partition coefficient (Wildman–Crippen LogP) is 3.40. The highest BCUT2D eigenvalue weighted by molar-refractivity contribution is 5.55. The van der Waals surface area contributed by atoms with Gasteiger partial charge in [0.2, 0.25) is 5.75 Å². The Balaban J connectivity index is 1.55. The number of hydrogen-bond donors (Lipinski definition) is 1. The number of fused-ring (bicyclic) bond motifs is 1. The van der Waals surface area contributed by atoms with Crippen LogP contribution in [0, 0.1) is 0 Å². The molecule has 1 N–H and O–H groups in total. The van der Waals surface area contributed by atoms with Gasteiger partial charge in [-0.05, 0) is 18.9 Å². The first-order valence-corrected chi connectivity index (χ1v) is 10.8. The standard InChI is InChI=1S/C23H31N3O4/c1-28-19-10-9-16(20(29-2)21(19)30-3)13-26-12-11-18-17(14-26)23(27)25-22(24-18)15-7-5-4-6-8-15/h9-10,15H,4-8,11-14H2,1-3H3,(H,24,25,27). The fraction of sp³-hybridized carbons (Fsp3) is 0.565. The fourth-order valence-electron chi connectivity index (χ4n) is 4.73. The van der Waals surface area contributed by atoms with E-state index in [0.717, 1.165) is 48.5 Å². The number of rotatable bonds is 6. The molecule has 0 atom stereocenters. The monoisotopic (exact) mass is 413 g/mol. The molecular weight excluding hydrogens is 382 g/mol. The Morgan fingerprint density at radius 2 is 1.83 bits per heavy atom. The van der Waals surface area contributed by atoms with Crippen LogP contribution in [0.3, 0.4) is 0 Å². The third-order valence-electron chi connectivity index (χ3n) is 6.34. The number of nitrogens with zero attached hydrogens (tertiary/aromatic N) is 2. The lowest BCUT2D eigenvalue weighted by molar-refractivity contribution is 0.235. The normalized spacial score (nSPS) is 17.4. The molecule has 1 aromatic carbocycles. The number of aromatic nitrogens is 2. The van der Waals surface area contributed by atoms with Crippen LogP contribution in [-0.2, 0) is 19.5 Å². The van der Waals surface area contributed by atoms with Crippen molar-refractivity contribution in [2.24, 2.45) is 0 Å². The van der Waals surface area contributed by atoms with Crippen LogP contribution in [0.1, 0.15) is 60.7 Å². The van der Waals surface area contributed by atoms with E-state index in [4.69, 9.17) is 19.2 Å². The Morgan fingerprint density at radius 3 is 2.53 bits per heavy atom. The summed E-state index contributed by atoms with van der Waals surface area (Å²) in [7, 11) is 4.85. The molecule has 1 aliphatic carbocycles. The first kappa shape index (κ1) is 20.7. The van der Waals surface area contributed by atoms with E-state index in [9.17, 15) is 4.79 Å². The molecule has 7 heteroatoms. The van der Waals surface area contributed by atoms with E-state index in [0.29, 0.717) is 36.3 Å². The minimum absolute atomic E-state index is 0.0181. The molecule has 0 radical (unpaired) electrons. The van der Waals surface area contributed by atoms with Gasteiger partial charge >= 0.3 is 0 Å². The van der Waals surface area contributed by atoms with E-state index >= 15 is 0 Å². The Labute approximate surface area is 177 Å². The van der Waals surface area contributed by atoms with Crippen LogP contribution in [0.2, 0.25) is 0 Å². The van der Waals surface area contributed by atoms with E-state index in [1.54, 1.807) is 21.3 Å². The second kappa shape index (κ2) is 9.08. The molecule has 2 aromatic rings. The van der Waals surface area contributed by atoms with Crippen molar-refractivity contribution in [1.82, 2.24) is 14.9 Å². The highest BCUT2D eigenvalue weighted by Crippen LogP contribution is 2.40. The fourth-order valence-corrected chi connectivity index (χ4v) is 4.73. The van der Waals surface area contributed by atoms with Crippen molar-refractivity contribution in [3.63, 3.8) is 0 Å². The summed E-state index contributed by atoms with van der Waals surface area (Å²) in [6.07, 6.45) is 6.80. The number of hydrogen-bond acceptors (Lipinski definition) is 6. The number of benzene rings is 1. The van der Waals surface area contributed by atoms with Gasteiger partial charge < -0.3 is 19.2 Å². The van der Waals surface area contributed by atoms with Gasteiger partial charge in [0.1, 0.15) is 5.82 Å². The van der Waals surface area contributed by atoms with Gasteiger partial charge in [-0.1, -0.05) is 25.3 Å². The third-order valence-corrected chi connectivity index (χ3v) is 6.34. The summed E-state index contributed by atoms with van der Waals surface area (Å²) in [6, 6.07) is 3.88. The first-order chi connectivity index (χ1) is 14.6. The largest absolute Gasteiger partial charge is 0.493 e. The highest BCUT2D eigenvalue weighted by Gasteiger charge is 2.26. The molecule has 2 heterocycles. The SMILES string of the molecule is COc1ccc(CN2CCc3nc(C4CCCCC4)[nH]c(=O)c3C2)c(OC)c1OC. The zero-order valence-electron chi connectivity index (χ0n) is 18.1. The molecule has 4 rings (SSSR count).